The number of carbonyl (C=O) groups is 4. The Hall–Kier alpha value is -2.25. The predicted octanol–water partition coefficient (Wildman–Crippen LogP) is -0.655. The van der Waals surface area contributed by atoms with E-state index in [-0.39, 0.29) is 6.42 Å². The van der Waals surface area contributed by atoms with Gasteiger partial charge in [0.1, 0.15) is 18.1 Å². The number of amides is 3. The predicted molar refractivity (Wildman–Crippen MR) is 125 cm³/mol. The summed E-state index contributed by atoms with van der Waals surface area (Å²) >= 11 is 3.01. The molecule has 0 aromatic carbocycles. The first-order valence-corrected chi connectivity index (χ1v) is 12.8. The molecular weight excluding hydrogens is 456 g/mol. The molecule has 0 saturated carbocycles. The first kappa shape index (κ1) is 27.8. The van der Waals surface area contributed by atoms with Crippen molar-refractivity contribution < 1.29 is 24.3 Å². The van der Waals surface area contributed by atoms with E-state index < -0.39 is 47.9 Å². The maximum Gasteiger partial charge on any atom is 0.325 e. The fourth-order valence-corrected chi connectivity index (χ4v) is 3.60. The number of aromatic nitrogens is 2. The van der Waals surface area contributed by atoms with Crippen LogP contribution in [-0.2, 0) is 25.6 Å². The molecule has 32 heavy (non-hydrogen) atoms. The van der Waals surface area contributed by atoms with Crippen molar-refractivity contribution in [2.24, 2.45) is 5.73 Å². The van der Waals surface area contributed by atoms with Crippen LogP contribution in [0.3, 0.4) is 0 Å². The molecule has 3 amide bonds. The number of rotatable bonds is 15. The van der Waals surface area contributed by atoms with Crippen LogP contribution in [0, 0.1) is 0 Å². The minimum Gasteiger partial charge on any atom is -0.480 e. The molecule has 1 aromatic rings. The van der Waals surface area contributed by atoms with Crippen LogP contribution >= 0.6 is 23.5 Å². The van der Waals surface area contributed by atoms with Gasteiger partial charge in [-0.1, -0.05) is 0 Å². The summed E-state index contributed by atoms with van der Waals surface area (Å²) in [6.45, 7) is 1.34. The zero-order valence-electron chi connectivity index (χ0n) is 18.4. The van der Waals surface area contributed by atoms with Gasteiger partial charge in [0.25, 0.3) is 0 Å². The molecule has 0 aliphatic carbocycles. The number of carboxylic acids is 1. The molecule has 0 aliphatic heterocycles. The number of H-pyrrole nitrogens is 1. The third kappa shape index (κ3) is 9.92. The van der Waals surface area contributed by atoms with Crippen molar-refractivity contribution in [3.63, 3.8) is 0 Å². The van der Waals surface area contributed by atoms with E-state index in [1.54, 1.807) is 6.20 Å². The summed E-state index contributed by atoms with van der Waals surface area (Å²) in [4.78, 5) is 55.8. The fraction of sp³-hybridized carbons (Fsp3) is 0.632. The second-order valence-electron chi connectivity index (χ2n) is 7.14. The monoisotopic (exact) mass is 488 g/mol. The zero-order chi connectivity index (χ0) is 24.1. The lowest BCUT2D eigenvalue weighted by molar-refractivity contribution is -0.141. The minimum atomic E-state index is -1.18. The molecule has 0 fully saturated rings. The van der Waals surface area contributed by atoms with Crippen LogP contribution in [-0.4, -0.2) is 86.9 Å². The highest BCUT2D eigenvalue weighted by Crippen LogP contribution is 2.06. The average molecular weight is 489 g/mol. The summed E-state index contributed by atoms with van der Waals surface area (Å²) in [5.41, 5.74) is 6.66. The van der Waals surface area contributed by atoms with Crippen LogP contribution in [0.15, 0.2) is 12.5 Å². The maximum absolute atomic E-state index is 12.9. The molecule has 11 nitrogen and oxygen atoms in total. The van der Waals surface area contributed by atoms with Gasteiger partial charge in [-0.2, -0.15) is 23.5 Å². The molecular formula is C19H32N6O5S2. The Morgan fingerprint density at radius 3 is 2.03 bits per heavy atom. The smallest absolute Gasteiger partial charge is 0.325 e. The van der Waals surface area contributed by atoms with Crippen LogP contribution in [0.5, 0.6) is 0 Å². The van der Waals surface area contributed by atoms with E-state index in [4.69, 9.17) is 10.8 Å². The van der Waals surface area contributed by atoms with Crippen LogP contribution in [0.25, 0.3) is 0 Å². The van der Waals surface area contributed by atoms with Gasteiger partial charge in [0.2, 0.25) is 17.7 Å². The van der Waals surface area contributed by atoms with Gasteiger partial charge >= 0.3 is 5.97 Å². The maximum atomic E-state index is 12.9. The average Bonchev–Trinajstić information content (AvgIpc) is 3.26. The summed E-state index contributed by atoms with van der Waals surface area (Å²) in [7, 11) is 0. The molecule has 0 spiro atoms. The Labute approximate surface area is 195 Å². The normalized spacial score (nSPS) is 14.6. The van der Waals surface area contributed by atoms with Crippen molar-refractivity contribution in [2.45, 2.75) is 50.4 Å². The lowest BCUT2D eigenvalue weighted by atomic mass is 10.1. The van der Waals surface area contributed by atoms with E-state index in [1.807, 2.05) is 12.5 Å². The van der Waals surface area contributed by atoms with Gasteiger partial charge in [-0.15, -0.1) is 0 Å². The van der Waals surface area contributed by atoms with Crippen molar-refractivity contribution in [2.75, 3.05) is 24.0 Å². The SMILES string of the molecule is CSCCC(NC(=O)C(N)Cc1cnc[nH]1)C(=O)NC(CCSC)C(=O)NC(C)C(=O)O. The number of carbonyl (C=O) groups excluding carboxylic acids is 3. The Balaban J connectivity index is 2.83. The van der Waals surface area contributed by atoms with Crippen molar-refractivity contribution in [3.05, 3.63) is 18.2 Å². The molecule has 1 rings (SSSR count). The first-order chi connectivity index (χ1) is 15.2. The molecule has 0 saturated heterocycles. The Morgan fingerprint density at radius 2 is 1.56 bits per heavy atom. The number of nitrogens with two attached hydrogens (primary N) is 1. The lowest BCUT2D eigenvalue weighted by Crippen LogP contribution is -2.57. The van der Waals surface area contributed by atoms with E-state index in [0.29, 0.717) is 30.0 Å². The summed E-state index contributed by atoms with van der Waals surface area (Å²) in [5, 5.41) is 16.7. The summed E-state index contributed by atoms with van der Waals surface area (Å²) in [5.74, 6) is -1.60. The molecule has 13 heteroatoms. The van der Waals surface area contributed by atoms with Gasteiger partial charge in [-0.3, -0.25) is 19.2 Å². The quantitative estimate of drug-likeness (QED) is 0.187. The molecule has 4 atom stereocenters. The number of aliphatic carboxylic acids is 1. The number of thioether (sulfide) groups is 2. The van der Waals surface area contributed by atoms with Gasteiger partial charge in [-0.25, -0.2) is 4.98 Å². The van der Waals surface area contributed by atoms with Crippen molar-refractivity contribution >= 4 is 47.2 Å². The topological polar surface area (TPSA) is 179 Å². The van der Waals surface area contributed by atoms with Crippen LogP contribution < -0.4 is 21.7 Å². The standard InChI is InChI=1S/C19H32N6O5S2/c1-11(19(29)30)23-17(27)14(4-6-31-2)25-18(28)15(5-7-32-3)24-16(26)13(20)8-12-9-21-10-22-12/h9-11,13-15H,4-8,20H2,1-3H3,(H,21,22)(H,23,27)(H,24,26)(H,25,28)(H,29,30). The van der Waals surface area contributed by atoms with Crippen LogP contribution in [0.2, 0.25) is 0 Å². The summed E-state index contributed by atoms with van der Waals surface area (Å²) in [6, 6.07) is -3.79. The molecule has 4 unspecified atom stereocenters. The number of aromatic amines is 1. The number of nitrogens with one attached hydrogen (secondary N) is 4. The van der Waals surface area contributed by atoms with E-state index in [0.717, 1.165) is 0 Å². The third-order valence-electron chi connectivity index (χ3n) is 4.55. The van der Waals surface area contributed by atoms with E-state index in [2.05, 4.69) is 25.9 Å². The molecule has 0 bridgehead atoms. The molecule has 180 valence electrons. The Kier molecular flexibility index (Phi) is 12.8. The molecule has 1 heterocycles. The molecule has 0 radical (unpaired) electrons. The van der Waals surface area contributed by atoms with E-state index >= 15 is 0 Å². The minimum absolute atomic E-state index is 0.231. The van der Waals surface area contributed by atoms with Crippen molar-refractivity contribution in [1.29, 1.82) is 0 Å². The van der Waals surface area contributed by atoms with E-state index in [1.165, 1.54) is 36.8 Å². The van der Waals surface area contributed by atoms with Gasteiger partial charge in [-0.05, 0) is 43.8 Å². The zero-order valence-corrected chi connectivity index (χ0v) is 20.1. The summed E-state index contributed by atoms with van der Waals surface area (Å²) in [6.07, 6.45) is 7.68. The largest absolute Gasteiger partial charge is 0.480 e. The van der Waals surface area contributed by atoms with Gasteiger partial charge in [0.05, 0.1) is 12.4 Å². The number of hydrogen-bond acceptors (Lipinski definition) is 8. The highest BCUT2D eigenvalue weighted by molar-refractivity contribution is 7.98. The van der Waals surface area contributed by atoms with E-state index in [9.17, 15) is 19.2 Å². The van der Waals surface area contributed by atoms with Crippen molar-refractivity contribution in [1.82, 2.24) is 25.9 Å². The van der Waals surface area contributed by atoms with Crippen LogP contribution in [0.4, 0.5) is 0 Å². The Bertz CT molecular complexity index is 749. The fourth-order valence-electron chi connectivity index (χ4n) is 2.66. The second kappa shape index (κ2) is 14.7. The molecule has 1 aromatic heterocycles. The van der Waals surface area contributed by atoms with Crippen molar-refractivity contribution in [3.8, 4) is 0 Å². The number of nitrogens with zero attached hydrogens (tertiary/aromatic N) is 1. The third-order valence-corrected chi connectivity index (χ3v) is 5.84. The summed E-state index contributed by atoms with van der Waals surface area (Å²) < 4.78 is 0. The lowest BCUT2D eigenvalue weighted by Gasteiger charge is -2.24. The molecule has 0 aliphatic rings. The van der Waals surface area contributed by atoms with Gasteiger partial charge in [0, 0.05) is 18.3 Å². The van der Waals surface area contributed by atoms with Gasteiger partial charge < -0.3 is 31.8 Å². The highest BCUT2D eigenvalue weighted by Gasteiger charge is 2.29. The number of carboxylic acid groups (broad SMARTS) is 1. The first-order valence-electron chi connectivity index (χ1n) is 10.0. The molecule has 7 N–H and O–H groups in total. The van der Waals surface area contributed by atoms with Crippen LogP contribution in [0.1, 0.15) is 25.5 Å². The highest BCUT2D eigenvalue weighted by atomic mass is 32.2. The Morgan fingerprint density at radius 1 is 1.03 bits per heavy atom. The second-order valence-corrected chi connectivity index (χ2v) is 9.11. The van der Waals surface area contributed by atoms with Gasteiger partial charge in [0.15, 0.2) is 0 Å². The number of imidazole rings is 1. The number of hydrogen-bond donors (Lipinski definition) is 6.